The highest BCUT2D eigenvalue weighted by Crippen LogP contribution is 2.19. The van der Waals surface area contributed by atoms with Gasteiger partial charge in [-0.2, -0.15) is 5.10 Å². The van der Waals surface area contributed by atoms with Crippen LogP contribution >= 0.6 is 0 Å². The number of carbonyl (C=O) groups excluding carboxylic acids is 1. The third kappa shape index (κ3) is 3.92. The predicted molar refractivity (Wildman–Crippen MR) is 83.2 cm³/mol. The molecule has 116 valence electrons. The van der Waals surface area contributed by atoms with E-state index in [0.717, 1.165) is 37.3 Å². The molecule has 0 aliphatic carbocycles. The van der Waals surface area contributed by atoms with Gasteiger partial charge < -0.3 is 10.6 Å². The van der Waals surface area contributed by atoms with Gasteiger partial charge >= 0.3 is 0 Å². The van der Waals surface area contributed by atoms with Gasteiger partial charge in [0.05, 0.1) is 13.0 Å². The minimum Gasteiger partial charge on any atom is -0.349 e. The second-order valence-corrected chi connectivity index (χ2v) is 5.62. The summed E-state index contributed by atoms with van der Waals surface area (Å²) in [4.78, 5) is 16.4. The van der Waals surface area contributed by atoms with E-state index in [4.69, 9.17) is 0 Å². The number of nitrogens with zero attached hydrogens (tertiary/aromatic N) is 2. The monoisotopic (exact) mass is 299 g/mol. The molecule has 0 saturated carbocycles. The first-order chi connectivity index (χ1) is 10.8. The van der Waals surface area contributed by atoms with Crippen LogP contribution in [0.3, 0.4) is 0 Å². The number of nitrogens with one attached hydrogen (secondary N) is 3. The second-order valence-electron chi connectivity index (χ2n) is 5.62. The van der Waals surface area contributed by atoms with E-state index >= 15 is 0 Å². The summed E-state index contributed by atoms with van der Waals surface area (Å²) in [7, 11) is 0. The molecule has 3 N–H and O–H groups in total. The fourth-order valence-electron chi connectivity index (χ4n) is 2.67. The molecule has 1 aliphatic heterocycles. The van der Waals surface area contributed by atoms with Crippen LogP contribution in [0.15, 0.2) is 30.3 Å². The van der Waals surface area contributed by atoms with Gasteiger partial charge in [-0.15, -0.1) is 0 Å². The molecule has 6 nitrogen and oxygen atoms in total. The van der Waals surface area contributed by atoms with Crippen LogP contribution in [0.25, 0.3) is 0 Å². The van der Waals surface area contributed by atoms with Gasteiger partial charge in [-0.3, -0.25) is 9.89 Å². The van der Waals surface area contributed by atoms with Crippen molar-refractivity contribution in [2.45, 2.75) is 31.7 Å². The normalized spacial score (nSPS) is 18.1. The summed E-state index contributed by atoms with van der Waals surface area (Å²) < 4.78 is 0. The number of H-pyrrole nitrogens is 1. The van der Waals surface area contributed by atoms with Gasteiger partial charge in [-0.25, -0.2) is 4.98 Å². The molecular formula is C16H21N5O. The van der Waals surface area contributed by atoms with Gasteiger partial charge in [0, 0.05) is 12.5 Å². The van der Waals surface area contributed by atoms with Gasteiger partial charge in [0.15, 0.2) is 5.82 Å². The Balaban J connectivity index is 1.49. The quantitative estimate of drug-likeness (QED) is 0.773. The first-order valence-electron chi connectivity index (χ1n) is 7.74. The molecule has 0 unspecified atom stereocenters. The molecule has 0 radical (unpaired) electrons. The highest BCUT2D eigenvalue weighted by atomic mass is 16.1. The molecule has 0 bridgehead atoms. The van der Waals surface area contributed by atoms with Crippen LogP contribution in [-0.2, 0) is 17.8 Å². The van der Waals surface area contributed by atoms with Crippen molar-refractivity contribution >= 4 is 5.91 Å². The summed E-state index contributed by atoms with van der Waals surface area (Å²) in [5.74, 6) is 1.92. The number of aromatic nitrogens is 3. The third-order valence-electron chi connectivity index (χ3n) is 3.87. The lowest BCUT2D eigenvalue weighted by molar-refractivity contribution is -0.120. The first kappa shape index (κ1) is 14.7. The average molecular weight is 299 g/mol. The maximum Gasteiger partial charge on any atom is 0.224 e. The van der Waals surface area contributed by atoms with Gasteiger partial charge in [0.25, 0.3) is 0 Å². The summed E-state index contributed by atoms with van der Waals surface area (Å²) in [5, 5.41) is 13.4. The zero-order valence-electron chi connectivity index (χ0n) is 12.5. The predicted octanol–water partition coefficient (Wildman–Crippen LogP) is 1.13. The summed E-state index contributed by atoms with van der Waals surface area (Å²) in [6.07, 6.45) is 2.65. The lowest BCUT2D eigenvalue weighted by Gasteiger charge is -2.19. The fourth-order valence-corrected chi connectivity index (χ4v) is 2.67. The van der Waals surface area contributed by atoms with E-state index in [-0.39, 0.29) is 5.91 Å². The molecule has 2 aromatic rings. The number of aromatic amines is 1. The van der Waals surface area contributed by atoms with Crippen LogP contribution in [0.1, 0.15) is 36.0 Å². The molecule has 1 atom stereocenters. The standard InChI is InChI=1S/C16H21N5O/c22-15(9-12-5-2-1-3-6-12)18-11-14-19-16(21-20-14)13-7-4-8-17-10-13/h1-3,5-6,13,17H,4,7-11H2,(H,18,22)(H,19,20,21)/t13-/m0/s1. The summed E-state index contributed by atoms with van der Waals surface area (Å²) in [6.45, 7) is 2.39. The minimum atomic E-state index is -0.0107. The molecule has 1 aliphatic rings. The molecule has 2 heterocycles. The van der Waals surface area contributed by atoms with Crippen LogP contribution in [0.2, 0.25) is 0 Å². The van der Waals surface area contributed by atoms with Crippen molar-refractivity contribution in [1.29, 1.82) is 0 Å². The average Bonchev–Trinajstić information content (AvgIpc) is 3.04. The van der Waals surface area contributed by atoms with Crippen molar-refractivity contribution < 1.29 is 4.79 Å². The zero-order chi connectivity index (χ0) is 15.2. The van der Waals surface area contributed by atoms with Crippen molar-refractivity contribution in [3.8, 4) is 0 Å². The maximum absolute atomic E-state index is 11.9. The summed E-state index contributed by atoms with van der Waals surface area (Å²) in [6, 6.07) is 9.70. The number of carbonyl (C=O) groups is 1. The lowest BCUT2D eigenvalue weighted by Crippen LogP contribution is -2.29. The highest BCUT2D eigenvalue weighted by Gasteiger charge is 2.19. The smallest absolute Gasteiger partial charge is 0.224 e. The molecule has 1 saturated heterocycles. The Morgan fingerprint density at radius 3 is 2.95 bits per heavy atom. The van der Waals surface area contributed by atoms with Crippen LogP contribution in [-0.4, -0.2) is 34.2 Å². The molecule has 1 amide bonds. The van der Waals surface area contributed by atoms with Crippen molar-refractivity contribution in [2.24, 2.45) is 0 Å². The molecule has 1 aromatic carbocycles. The third-order valence-corrected chi connectivity index (χ3v) is 3.87. The number of hydrogen-bond acceptors (Lipinski definition) is 4. The van der Waals surface area contributed by atoms with E-state index in [2.05, 4.69) is 25.8 Å². The van der Waals surface area contributed by atoms with Gasteiger partial charge in [-0.05, 0) is 24.9 Å². The molecule has 3 rings (SSSR count). The van der Waals surface area contributed by atoms with E-state index in [1.807, 2.05) is 30.3 Å². The largest absolute Gasteiger partial charge is 0.349 e. The van der Waals surface area contributed by atoms with Gasteiger partial charge in [-0.1, -0.05) is 30.3 Å². The van der Waals surface area contributed by atoms with Crippen LogP contribution in [0.4, 0.5) is 0 Å². The molecule has 22 heavy (non-hydrogen) atoms. The number of piperidine rings is 1. The molecule has 0 spiro atoms. The highest BCUT2D eigenvalue weighted by molar-refractivity contribution is 5.78. The van der Waals surface area contributed by atoms with Crippen molar-refractivity contribution in [1.82, 2.24) is 25.8 Å². The van der Waals surface area contributed by atoms with Crippen molar-refractivity contribution in [2.75, 3.05) is 13.1 Å². The molecule has 1 fully saturated rings. The van der Waals surface area contributed by atoms with E-state index in [0.29, 0.717) is 24.7 Å². The Bertz CT molecular complexity index is 604. The number of benzene rings is 1. The zero-order valence-corrected chi connectivity index (χ0v) is 12.5. The molecule has 6 heteroatoms. The van der Waals surface area contributed by atoms with E-state index in [9.17, 15) is 4.79 Å². The number of hydrogen-bond donors (Lipinski definition) is 3. The fraction of sp³-hybridized carbons (Fsp3) is 0.438. The van der Waals surface area contributed by atoms with E-state index in [1.54, 1.807) is 0 Å². The summed E-state index contributed by atoms with van der Waals surface area (Å²) >= 11 is 0. The van der Waals surface area contributed by atoms with Crippen LogP contribution in [0, 0.1) is 0 Å². The Labute approximate surface area is 129 Å². The SMILES string of the molecule is O=C(Cc1ccccc1)NCc1nc([C@H]2CCCNC2)n[nH]1. The molecular weight excluding hydrogens is 278 g/mol. The Kier molecular flexibility index (Phi) is 4.80. The van der Waals surface area contributed by atoms with Crippen LogP contribution in [0.5, 0.6) is 0 Å². The number of rotatable bonds is 5. The maximum atomic E-state index is 11.9. The van der Waals surface area contributed by atoms with Gasteiger partial charge in [0.1, 0.15) is 5.82 Å². The Morgan fingerprint density at radius 2 is 2.18 bits per heavy atom. The van der Waals surface area contributed by atoms with Crippen molar-refractivity contribution in [3.05, 3.63) is 47.5 Å². The Morgan fingerprint density at radius 1 is 1.32 bits per heavy atom. The summed E-state index contributed by atoms with van der Waals surface area (Å²) in [5.41, 5.74) is 1.01. The number of amides is 1. The minimum absolute atomic E-state index is 0.0107. The Hall–Kier alpha value is -2.21. The topological polar surface area (TPSA) is 82.7 Å². The van der Waals surface area contributed by atoms with E-state index in [1.165, 1.54) is 0 Å². The van der Waals surface area contributed by atoms with Crippen molar-refractivity contribution in [3.63, 3.8) is 0 Å². The first-order valence-corrected chi connectivity index (χ1v) is 7.74. The van der Waals surface area contributed by atoms with Gasteiger partial charge in [0.2, 0.25) is 5.91 Å². The van der Waals surface area contributed by atoms with E-state index < -0.39 is 0 Å². The lowest BCUT2D eigenvalue weighted by atomic mass is 9.99. The second kappa shape index (κ2) is 7.17. The van der Waals surface area contributed by atoms with Crippen LogP contribution < -0.4 is 10.6 Å². The molecule has 1 aromatic heterocycles.